The zero-order valence-electron chi connectivity index (χ0n) is 10.3. The van der Waals surface area contributed by atoms with Crippen molar-refractivity contribution in [2.24, 2.45) is 5.92 Å². The van der Waals surface area contributed by atoms with E-state index in [1.165, 1.54) is 4.88 Å². The average Bonchev–Trinajstić information content (AvgIpc) is 2.61. The fraction of sp³-hybridized carbons (Fsp3) is 0.583. The topological polar surface area (TPSA) is 40.5 Å². The highest BCUT2D eigenvalue weighted by atomic mass is 79.9. The summed E-state index contributed by atoms with van der Waals surface area (Å²) in [5.41, 5.74) is 0. The summed E-state index contributed by atoms with van der Waals surface area (Å²) in [6.45, 7) is 7.15. The maximum absolute atomic E-state index is 10.9. The Kier molecular flexibility index (Phi) is 5.62. The van der Waals surface area contributed by atoms with Gasteiger partial charge in [0.1, 0.15) is 0 Å². The zero-order valence-corrected chi connectivity index (χ0v) is 12.7. The lowest BCUT2D eigenvalue weighted by Crippen LogP contribution is -2.34. The van der Waals surface area contributed by atoms with Crippen molar-refractivity contribution in [2.45, 2.75) is 26.8 Å². The first-order chi connectivity index (χ1) is 7.90. The molecule has 1 aromatic rings. The van der Waals surface area contributed by atoms with E-state index in [0.717, 1.165) is 10.3 Å². The zero-order chi connectivity index (χ0) is 13.0. The van der Waals surface area contributed by atoms with Crippen LogP contribution < -0.4 is 0 Å². The van der Waals surface area contributed by atoms with Crippen molar-refractivity contribution in [1.82, 2.24) is 4.90 Å². The standard InChI is InChI=1S/C12H18BrNO2S/c1-8(2)6-14(7-12(15)16)9(3)10-4-5-11(13)17-10/h4-5,8-9H,6-7H2,1-3H3,(H,15,16). The third-order valence-corrected chi connectivity index (χ3v) is 4.29. The highest BCUT2D eigenvalue weighted by molar-refractivity contribution is 9.11. The molecule has 0 bridgehead atoms. The van der Waals surface area contributed by atoms with E-state index in [2.05, 4.69) is 42.8 Å². The van der Waals surface area contributed by atoms with Gasteiger partial charge in [0.15, 0.2) is 0 Å². The number of hydrogen-bond donors (Lipinski definition) is 1. The van der Waals surface area contributed by atoms with Crippen molar-refractivity contribution in [3.8, 4) is 0 Å². The first kappa shape index (κ1) is 14.7. The Hall–Kier alpha value is -0.390. The molecule has 0 aromatic carbocycles. The number of rotatable bonds is 6. The summed E-state index contributed by atoms with van der Waals surface area (Å²) >= 11 is 5.10. The molecule has 1 atom stereocenters. The quantitative estimate of drug-likeness (QED) is 0.870. The number of aliphatic carboxylic acids is 1. The van der Waals surface area contributed by atoms with Crippen LogP contribution in [0.2, 0.25) is 0 Å². The summed E-state index contributed by atoms with van der Waals surface area (Å²) in [5.74, 6) is -0.312. The SMILES string of the molecule is CC(C)CN(CC(=O)O)C(C)c1ccc(Br)s1. The van der Waals surface area contributed by atoms with Crippen molar-refractivity contribution in [2.75, 3.05) is 13.1 Å². The molecule has 1 unspecified atom stereocenters. The number of nitrogens with zero attached hydrogens (tertiary/aromatic N) is 1. The molecule has 5 heteroatoms. The molecule has 17 heavy (non-hydrogen) atoms. The summed E-state index contributed by atoms with van der Waals surface area (Å²) in [6.07, 6.45) is 0. The van der Waals surface area contributed by atoms with Gasteiger partial charge in [-0.15, -0.1) is 11.3 Å². The third kappa shape index (κ3) is 4.77. The lowest BCUT2D eigenvalue weighted by molar-refractivity contribution is -0.139. The van der Waals surface area contributed by atoms with Gasteiger partial charge in [-0.2, -0.15) is 0 Å². The molecule has 3 nitrogen and oxygen atoms in total. The van der Waals surface area contributed by atoms with E-state index in [1.54, 1.807) is 11.3 Å². The average molecular weight is 320 g/mol. The molecule has 1 N–H and O–H groups in total. The van der Waals surface area contributed by atoms with E-state index in [-0.39, 0.29) is 12.6 Å². The van der Waals surface area contributed by atoms with Crippen molar-refractivity contribution in [3.63, 3.8) is 0 Å². The number of halogens is 1. The Morgan fingerprint density at radius 3 is 2.53 bits per heavy atom. The van der Waals surface area contributed by atoms with Crippen LogP contribution in [0, 0.1) is 5.92 Å². The first-order valence-corrected chi connectivity index (χ1v) is 7.22. The molecule has 0 amide bonds. The van der Waals surface area contributed by atoms with Crippen LogP contribution >= 0.6 is 27.3 Å². The summed E-state index contributed by atoms with van der Waals surface area (Å²) in [6, 6.07) is 4.20. The molecule has 1 rings (SSSR count). The predicted molar refractivity (Wildman–Crippen MR) is 74.5 cm³/mol. The largest absolute Gasteiger partial charge is 0.480 e. The Morgan fingerprint density at radius 1 is 1.47 bits per heavy atom. The summed E-state index contributed by atoms with van der Waals surface area (Å²) in [4.78, 5) is 14.1. The van der Waals surface area contributed by atoms with Gasteiger partial charge < -0.3 is 5.11 Å². The number of hydrogen-bond acceptors (Lipinski definition) is 3. The molecule has 1 heterocycles. The minimum atomic E-state index is -0.770. The van der Waals surface area contributed by atoms with Crippen LogP contribution in [0.4, 0.5) is 0 Å². The molecular formula is C12H18BrNO2S. The number of carboxylic acid groups (broad SMARTS) is 1. The van der Waals surface area contributed by atoms with Crippen LogP contribution in [0.5, 0.6) is 0 Å². The molecule has 0 fully saturated rings. The van der Waals surface area contributed by atoms with Gasteiger partial charge in [-0.25, -0.2) is 0 Å². The molecule has 1 aromatic heterocycles. The van der Waals surface area contributed by atoms with Crippen molar-refractivity contribution < 1.29 is 9.90 Å². The Bertz CT molecular complexity index is 378. The van der Waals surface area contributed by atoms with Gasteiger partial charge >= 0.3 is 5.97 Å². The van der Waals surface area contributed by atoms with Gasteiger partial charge in [-0.3, -0.25) is 9.69 Å². The van der Waals surface area contributed by atoms with Crippen LogP contribution in [0.25, 0.3) is 0 Å². The second kappa shape index (κ2) is 6.52. The van der Waals surface area contributed by atoms with Gasteiger partial charge in [0.2, 0.25) is 0 Å². The summed E-state index contributed by atoms with van der Waals surface area (Å²) in [5, 5.41) is 8.95. The number of carboxylic acids is 1. The lowest BCUT2D eigenvalue weighted by Gasteiger charge is -2.28. The molecule has 0 aliphatic rings. The van der Waals surface area contributed by atoms with Crippen molar-refractivity contribution in [3.05, 3.63) is 20.8 Å². The highest BCUT2D eigenvalue weighted by Crippen LogP contribution is 2.30. The van der Waals surface area contributed by atoms with Gasteiger partial charge in [0.25, 0.3) is 0 Å². The van der Waals surface area contributed by atoms with Gasteiger partial charge in [0.05, 0.1) is 10.3 Å². The molecule has 0 aliphatic heterocycles. The lowest BCUT2D eigenvalue weighted by atomic mass is 10.1. The normalized spacial score (nSPS) is 13.3. The fourth-order valence-electron chi connectivity index (χ4n) is 1.74. The Balaban J connectivity index is 2.77. The van der Waals surface area contributed by atoms with Crippen molar-refractivity contribution in [1.29, 1.82) is 0 Å². The third-order valence-electron chi connectivity index (χ3n) is 2.49. The highest BCUT2D eigenvalue weighted by Gasteiger charge is 2.20. The molecular weight excluding hydrogens is 302 g/mol. The number of thiophene rings is 1. The minimum absolute atomic E-state index is 0.0921. The summed E-state index contributed by atoms with van der Waals surface area (Å²) in [7, 11) is 0. The fourth-order valence-corrected chi connectivity index (χ4v) is 3.24. The van der Waals surface area contributed by atoms with Crippen LogP contribution in [-0.2, 0) is 4.79 Å². The Labute approximate surface area is 115 Å². The molecule has 0 saturated carbocycles. The van der Waals surface area contributed by atoms with Gasteiger partial charge in [-0.1, -0.05) is 13.8 Å². The second-order valence-corrected chi connectivity index (χ2v) is 7.03. The first-order valence-electron chi connectivity index (χ1n) is 5.61. The van der Waals surface area contributed by atoms with Crippen LogP contribution in [0.1, 0.15) is 31.7 Å². The van der Waals surface area contributed by atoms with E-state index in [9.17, 15) is 4.79 Å². The maximum atomic E-state index is 10.9. The van der Waals surface area contributed by atoms with E-state index in [1.807, 2.05) is 11.0 Å². The van der Waals surface area contributed by atoms with Gasteiger partial charge in [-0.05, 0) is 40.9 Å². The van der Waals surface area contributed by atoms with Crippen LogP contribution in [-0.4, -0.2) is 29.1 Å². The van der Waals surface area contributed by atoms with Crippen molar-refractivity contribution >= 4 is 33.2 Å². The predicted octanol–water partition coefficient (Wildman–Crippen LogP) is 3.61. The molecule has 96 valence electrons. The second-order valence-electron chi connectivity index (χ2n) is 4.53. The van der Waals surface area contributed by atoms with Gasteiger partial charge in [0, 0.05) is 17.5 Å². The molecule has 0 spiro atoms. The van der Waals surface area contributed by atoms with E-state index in [4.69, 9.17) is 5.11 Å². The number of carbonyl (C=O) groups is 1. The van der Waals surface area contributed by atoms with Crippen LogP contribution in [0.3, 0.4) is 0 Å². The Morgan fingerprint density at radius 2 is 2.12 bits per heavy atom. The minimum Gasteiger partial charge on any atom is -0.480 e. The smallest absolute Gasteiger partial charge is 0.317 e. The van der Waals surface area contributed by atoms with Crippen LogP contribution in [0.15, 0.2) is 15.9 Å². The maximum Gasteiger partial charge on any atom is 0.317 e. The molecule has 0 saturated heterocycles. The monoisotopic (exact) mass is 319 g/mol. The van der Waals surface area contributed by atoms with E-state index < -0.39 is 5.97 Å². The molecule has 0 radical (unpaired) electrons. The van der Waals surface area contributed by atoms with E-state index >= 15 is 0 Å². The summed E-state index contributed by atoms with van der Waals surface area (Å²) < 4.78 is 1.08. The van der Waals surface area contributed by atoms with E-state index in [0.29, 0.717) is 5.92 Å². The molecule has 0 aliphatic carbocycles.